The van der Waals surface area contributed by atoms with Crippen molar-refractivity contribution >= 4 is 15.7 Å². The van der Waals surface area contributed by atoms with Gasteiger partial charge in [0.15, 0.2) is 9.84 Å². The summed E-state index contributed by atoms with van der Waals surface area (Å²) in [5, 5.41) is 10.8. The topological polar surface area (TPSA) is 96.4 Å². The van der Waals surface area contributed by atoms with E-state index in [1.165, 1.54) is 12.3 Å². The van der Waals surface area contributed by atoms with Gasteiger partial charge in [-0.3, -0.25) is 9.78 Å². The van der Waals surface area contributed by atoms with E-state index in [1.54, 1.807) is 6.92 Å². The Morgan fingerprint density at radius 3 is 2.30 bits per heavy atom. The number of hydrogen-bond acceptors (Lipinski definition) is 5. The molecule has 196 valence electrons. The molecule has 0 spiro atoms. The first-order valence-electron chi connectivity index (χ1n) is 11.9. The zero-order valence-corrected chi connectivity index (χ0v) is 20.9. The molecule has 1 aromatic heterocycles. The van der Waals surface area contributed by atoms with Crippen molar-refractivity contribution in [1.82, 2.24) is 10.3 Å². The maximum absolute atomic E-state index is 14.9. The van der Waals surface area contributed by atoms with Gasteiger partial charge in [0.25, 0.3) is 5.91 Å². The standard InChI is InChI=1S/C27H27F3N2O4S/c1-16-12-25(27(34)32-14-17-2-7-20(33)8-3-17)31-15-23(16)26(22-13-19(29)6-11-24(22)30)37(35,36)21-9-4-18(28)5-10-21/h4-6,9-13,15,17,20,26,33H,2-3,7-8,14H2,1H3,(H,32,34). The summed E-state index contributed by atoms with van der Waals surface area (Å²) in [6.07, 6.45) is 3.85. The van der Waals surface area contributed by atoms with E-state index in [9.17, 15) is 31.5 Å². The molecule has 0 saturated heterocycles. The molecule has 1 amide bonds. The van der Waals surface area contributed by atoms with Crippen molar-refractivity contribution in [3.63, 3.8) is 0 Å². The number of benzene rings is 2. The molecule has 4 rings (SSSR count). The SMILES string of the molecule is Cc1cc(C(=O)NCC2CCC(O)CC2)ncc1C(c1cc(F)ccc1F)S(=O)(=O)c1ccc(F)cc1. The van der Waals surface area contributed by atoms with Gasteiger partial charge in [-0.2, -0.15) is 0 Å². The Labute approximate surface area is 213 Å². The van der Waals surface area contributed by atoms with E-state index in [4.69, 9.17) is 0 Å². The van der Waals surface area contributed by atoms with Gasteiger partial charge in [0.05, 0.1) is 11.0 Å². The molecule has 1 aliphatic rings. The van der Waals surface area contributed by atoms with Crippen LogP contribution < -0.4 is 5.32 Å². The zero-order chi connectivity index (χ0) is 26.7. The van der Waals surface area contributed by atoms with E-state index in [-0.39, 0.29) is 28.2 Å². The zero-order valence-electron chi connectivity index (χ0n) is 20.1. The maximum Gasteiger partial charge on any atom is 0.269 e. The van der Waals surface area contributed by atoms with Crippen LogP contribution in [-0.2, 0) is 9.84 Å². The second-order valence-electron chi connectivity index (χ2n) is 9.36. The Balaban J connectivity index is 1.67. The van der Waals surface area contributed by atoms with Crippen LogP contribution in [0.1, 0.15) is 58.1 Å². The van der Waals surface area contributed by atoms with Gasteiger partial charge >= 0.3 is 0 Å². The van der Waals surface area contributed by atoms with Gasteiger partial charge in [0.1, 0.15) is 28.4 Å². The fourth-order valence-corrected chi connectivity index (χ4v) is 6.50. The number of rotatable bonds is 7. The molecule has 10 heteroatoms. The Morgan fingerprint density at radius 1 is 1.00 bits per heavy atom. The van der Waals surface area contributed by atoms with Gasteiger partial charge in [0.2, 0.25) is 0 Å². The third-order valence-corrected chi connectivity index (χ3v) is 8.78. The van der Waals surface area contributed by atoms with Crippen molar-refractivity contribution in [1.29, 1.82) is 0 Å². The van der Waals surface area contributed by atoms with Crippen LogP contribution in [-0.4, -0.2) is 37.1 Å². The molecule has 2 aromatic carbocycles. The molecule has 3 aromatic rings. The molecule has 0 aliphatic heterocycles. The smallest absolute Gasteiger partial charge is 0.269 e. The van der Waals surface area contributed by atoms with Crippen LogP contribution in [0.25, 0.3) is 0 Å². The predicted molar refractivity (Wildman–Crippen MR) is 131 cm³/mol. The highest BCUT2D eigenvalue weighted by atomic mass is 32.2. The summed E-state index contributed by atoms with van der Waals surface area (Å²) in [6, 6.07) is 7.99. The lowest BCUT2D eigenvalue weighted by molar-refractivity contribution is 0.0905. The number of aliphatic hydroxyl groups excluding tert-OH is 1. The van der Waals surface area contributed by atoms with Gasteiger partial charge in [-0.25, -0.2) is 21.6 Å². The van der Waals surface area contributed by atoms with Crippen LogP contribution in [0.4, 0.5) is 13.2 Å². The summed E-state index contributed by atoms with van der Waals surface area (Å²) in [5.41, 5.74) is 0.0209. The molecular formula is C27H27F3N2O4S. The molecule has 1 atom stereocenters. The largest absolute Gasteiger partial charge is 0.393 e. The van der Waals surface area contributed by atoms with Gasteiger partial charge < -0.3 is 10.4 Å². The molecule has 37 heavy (non-hydrogen) atoms. The van der Waals surface area contributed by atoms with Gasteiger partial charge in [0, 0.05) is 18.3 Å². The highest BCUT2D eigenvalue weighted by Gasteiger charge is 2.35. The number of aliphatic hydroxyl groups is 1. The van der Waals surface area contributed by atoms with Crippen molar-refractivity contribution in [3.05, 3.63) is 94.6 Å². The molecule has 1 unspecified atom stereocenters. The van der Waals surface area contributed by atoms with Crippen molar-refractivity contribution in [2.45, 2.75) is 48.9 Å². The quantitative estimate of drug-likeness (QED) is 0.432. The minimum absolute atomic E-state index is 0.0507. The van der Waals surface area contributed by atoms with Crippen molar-refractivity contribution in [2.75, 3.05) is 6.54 Å². The van der Waals surface area contributed by atoms with E-state index in [2.05, 4.69) is 10.3 Å². The minimum Gasteiger partial charge on any atom is -0.393 e. The lowest BCUT2D eigenvalue weighted by atomic mass is 9.87. The summed E-state index contributed by atoms with van der Waals surface area (Å²) in [7, 11) is -4.38. The van der Waals surface area contributed by atoms with E-state index >= 15 is 0 Å². The molecular weight excluding hydrogens is 505 g/mol. The summed E-state index contributed by atoms with van der Waals surface area (Å²) in [6.45, 7) is 1.98. The van der Waals surface area contributed by atoms with Crippen LogP contribution in [0.3, 0.4) is 0 Å². The van der Waals surface area contributed by atoms with Crippen molar-refractivity contribution < 1.29 is 31.5 Å². The number of nitrogens with zero attached hydrogens (tertiary/aromatic N) is 1. The number of halogens is 3. The highest BCUT2D eigenvalue weighted by Crippen LogP contribution is 2.38. The van der Waals surface area contributed by atoms with Gasteiger partial charge in [-0.1, -0.05) is 0 Å². The van der Waals surface area contributed by atoms with Crippen LogP contribution in [0.5, 0.6) is 0 Å². The number of aromatic nitrogens is 1. The number of sulfone groups is 1. The maximum atomic E-state index is 14.9. The molecule has 2 N–H and O–H groups in total. The Bertz CT molecular complexity index is 1390. The predicted octanol–water partition coefficient (Wildman–Crippen LogP) is 4.65. The third kappa shape index (κ3) is 6.02. The van der Waals surface area contributed by atoms with Crippen molar-refractivity contribution in [3.8, 4) is 0 Å². The molecule has 0 radical (unpaired) electrons. The summed E-state index contributed by atoms with van der Waals surface area (Å²) in [4.78, 5) is 16.6. The fourth-order valence-electron chi connectivity index (χ4n) is 4.62. The summed E-state index contributed by atoms with van der Waals surface area (Å²) >= 11 is 0. The average molecular weight is 533 g/mol. The average Bonchev–Trinajstić information content (AvgIpc) is 2.87. The molecule has 6 nitrogen and oxygen atoms in total. The van der Waals surface area contributed by atoms with E-state index in [0.29, 0.717) is 24.9 Å². The summed E-state index contributed by atoms with van der Waals surface area (Å²) < 4.78 is 69.7. The first kappa shape index (κ1) is 26.8. The Kier molecular flexibility index (Phi) is 7.99. The van der Waals surface area contributed by atoms with Crippen LogP contribution in [0, 0.1) is 30.3 Å². The van der Waals surface area contributed by atoms with E-state index in [0.717, 1.165) is 55.3 Å². The van der Waals surface area contributed by atoms with Crippen molar-refractivity contribution in [2.24, 2.45) is 5.92 Å². The third-order valence-electron chi connectivity index (χ3n) is 6.73. The normalized spacial score (nSPS) is 18.8. The molecule has 1 aliphatic carbocycles. The number of nitrogens with one attached hydrogen (secondary N) is 1. The monoisotopic (exact) mass is 532 g/mol. The lowest BCUT2D eigenvalue weighted by Gasteiger charge is -2.25. The number of carbonyl (C=O) groups is 1. The molecule has 1 fully saturated rings. The molecule has 0 bridgehead atoms. The second kappa shape index (κ2) is 11.0. The number of aryl methyl sites for hydroxylation is 1. The van der Waals surface area contributed by atoms with Crippen LogP contribution >= 0.6 is 0 Å². The number of pyridine rings is 1. The fraction of sp³-hybridized carbons (Fsp3) is 0.333. The number of hydrogen-bond donors (Lipinski definition) is 2. The first-order valence-corrected chi connectivity index (χ1v) is 13.5. The number of amides is 1. The Morgan fingerprint density at radius 2 is 1.65 bits per heavy atom. The number of carbonyl (C=O) groups excluding carboxylic acids is 1. The van der Waals surface area contributed by atoms with Crippen LogP contribution in [0.15, 0.2) is 59.6 Å². The summed E-state index contributed by atoms with van der Waals surface area (Å²) in [5.74, 6) is -2.61. The molecule has 1 saturated carbocycles. The van der Waals surface area contributed by atoms with Gasteiger partial charge in [-0.15, -0.1) is 0 Å². The van der Waals surface area contributed by atoms with E-state index in [1.807, 2.05) is 0 Å². The van der Waals surface area contributed by atoms with Gasteiger partial charge in [-0.05, 0) is 98.2 Å². The Hall–Kier alpha value is -3.24. The first-order chi connectivity index (χ1) is 17.6. The van der Waals surface area contributed by atoms with Crippen LogP contribution in [0.2, 0.25) is 0 Å². The molecule has 1 heterocycles. The highest BCUT2D eigenvalue weighted by molar-refractivity contribution is 7.92. The second-order valence-corrected chi connectivity index (χ2v) is 11.4. The minimum atomic E-state index is -4.38. The van der Waals surface area contributed by atoms with E-state index < -0.39 is 44.0 Å². The lowest BCUT2D eigenvalue weighted by Crippen LogP contribution is -2.32.